The van der Waals surface area contributed by atoms with Crippen LogP contribution in [-0.4, -0.2) is 60.6 Å². The van der Waals surface area contributed by atoms with Gasteiger partial charge in [0.15, 0.2) is 10.8 Å². The third kappa shape index (κ3) is 7.33. The van der Waals surface area contributed by atoms with E-state index in [0.717, 1.165) is 4.31 Å². The number of aromatic nitrogens is 1. The van der Waals surface area contributed by atoms with Crippen LogP contribution in [0, 0.1) is 5.92 Å². The highest BCUT2D eigenvalue weighted by atomic mass is 32.2. The van der Waals surface area contributed by atoms with Gasteiger partial charge >= 0.3 is 6.03 Å². The number of carbonyl (C=O) groups is 3. The predicted octanol–water partition coefficient (Wildman–Crippen LogP) is 2.16. The molecule has 11 heteroatoms. The van der Waals surface area contributed by atoms with Gasteiger partial charge in [-0.15, -0.1) is 0 Å². The number of anilines is 1. The number of ketones is 1. The number of pyridine rings is 1. The van der Waals surface area contributed by atoms with Gasteiger partial charge in [-0.25, -0.2) is 18.2 Å². The van der Waals surface area contributed by atoms with Crippen LogP contribution >= 0.6 is 0 Å². The van der Waals surface area contributed by atoms with Gasteiger partial charge in [-0.3, -0.25) is 9.59 Å². The molecule has 1 aliphatic rings. The molecule has 3 N–H and O–H groups in total. The standard InChI is InChI=1S/C24H31N5O5S/c1-17(2)15-20(28-24(32)26-18-9-4-3-5-10-18)23(31)27-19-11-8-14-29(16-21(19)30)35(33,34)22-12-6-7-13-25-22/h3-7,9-10,12-13,17,19-20H,8,11,14-16H2,1-2H3,(H,27,31)(H2,26,28,32)/t19?,20-/m0/s1. The van der Waals surface area contributed by atoms with Gasteiger partial charge in [-0.1, -0.05) is 38.1 Å². The zero-order valence-electron chi connectivity index (χ0n) is 19.8. The summed E-state index contributed by atoms with van der Waals surface area (Å²) in [5.41, 5.74) is 0.585. The molecular weight excluding hydrogens is 470 g/mol. The minimum absolute atomic E-state index is 0.103. The van der Waals surface area contributed by atoms with Gasteiger partial charge < -0.3 is 16.0 Å². The molecule has 0 radical (unpaired) electrons. The number of nitrogens with zero attached hydrogens (tertiary/aromatic N) is 2. The summed E-state index contributed by atoms with van der Waals surface area (Å²) in [5.74, 6) is -0.791. The molecule has 1 aliphatic heterocycles. The van der Waals surface area contributed by atoms with Crippen LogP contribution in [0.4, 0.5) is 10.5 Å². The molecule has 2 atom stereocenters. The molecule has 0 spiro atoms. The maximum atomic E-state index is 13.0. The zero-order valence-corrected chi connectivity index (χ0v) is 20.6. The van der Waals surface area contributed by atoms with E-state index in [0.29, 0.717) is 24.9 Å². The SMILES string of the molecule is CC(C)C[C@H](NC(=O)Nc1ccccc1)C(=O)NC1CCCN(S(=O)(=O)c2ccccn2)CC1=O. The fraction of sp³-hybridized carbons (Fsp3) is 0.417. The number of amides is 3. The van der Waals surface area contributed by atoms with Gasteiger partial charge in [0.25, 0.3) is 10.0 Å². The van der Waals surface area contributed by atoms with Crippen LogP contribution in [0.15, 0.2) is 59.8 Å². The first-order valence-corrected chi connectivity index (χ1v) is 13.0. The Morgan fingerprint density at radius 2 is 1.83 bits per heavy atom. The largest absolute Gasteiger partial charge is 0.344 e. The zero-order chi connectivity index (χ0) is 25.4. The molecule has 1 saturated heterocycles. The number of benzene rings is 1. The van der Waals surface area contributed by atoms with Gasteiger partial charge in [-0.2, -0.15) is 4.31 Å². The van der Waals surface area contributed by atoms with Crippen molar-refractivity contribution < 1.29 is 22.8 Å². The monoisotopic (exact) mass is 501 g/mol. The number of sulfonamides is 1. The van der Waals surface area contributed by atoms with Crippen LogP contribution in [0.25, 0.3) is 0 Å². The lowest BCUT2D eigenvalue weighted by molar-refractivity contribution is -0.129. The quantitative estimate of drug-likeness (QED) is 0.507. The van der Waals surface area contributed by atoms with Crippen LogP contribution in [0.1, 0.15) is 33.1 Å². The van der Waals surface area contributed by atoms with E-state index in [1.54, 1.807) is 36.4 Å². The van der Waals surface area contributed by atoms with Crippen LogP contribution < -0.4 is 16.0 Å². The highest BCUT2D eigenvalue weighted by Gasteiger charge is 2.34. The van der Waals surface area contributed by atoms with Crippen molar-refractivity contribution in [3.05, 3.63) is 54.7 Å². The predicted molar refractivity (Wildman–Crippen MR) is 131 cm³/mol. The number of carbonyl (C=O) groups excluding carboxylic acids is 3. The van der Waals surface area contributed by atoms with Gasteiger partial charge in [0, 0.05) is 18.4 Å². The number of rotatable bonds is 8. The van der Waals surface area contributed by atoms with E-state index in [1.165, 1.54) is 12.3 Å². The second kappa shape index (κ2) is 11.9. The van der Waals surface area contributed by atoms with Crippen LogP contribution in [0.2, 0.25) is 0 Å². The van der Waals surface area contributed by atoms with Crippen molar-refractivity contribution >= 4 is 33.4 Å². The normalized spacial score (nSPS) is 17.9. The van der Waals surface area contributed by atoms with E-state index in [1.807, 2.05) is 19.9 Å². The number of nitrogens with one attached hydrogen (secondary N) is 3. The second-order valence-corrected chi connectivity index (χ2v) is 10.7. The number of para-hydroxylation sites is 1. The molecule has 0 saturated carbocycles. The Labute approximate surface area is 205 Å². The molecule has 3 amide bonds. The van der Waals surface area contributed by atoms with Gasteiger partial charge in [0.2, 0.25) is 5.91 Å². The van der Waals surface area contributed by atoms with Crippen LogP contribution in [0.3, 0.4) is 0 Å². The highest BCUT2D eigenvalue weighted by Crippen LogP contribution is 2.18. The second-order valence-electron chi connectivity index (χ2n) is 8.82. The topological polar surface area (TPSA) is 138 Å². The lowest BCUT2D eigenvalue weighted by atomic mass is 10.0. The van der Waals surface area contributed by atoms with Crippen molar-refractivity contribution in [1.82, 2.24) is 19.9 Å². The third-order valence-electron chi connectivity index (χ3n) is 5.54. The summed E-state index contributed by atoms with van der Waals surface area (Å²) in [6.45, 7) is 3.63. The van der Waals surface area contributed by atoms with Crippen molar-refractivity contribution in [2.45, 2.75) is 50.2 Å². The highest BCUT2D eigenvalue weighted by molar-refractivity contribution is 7.89. The Balaban J connectivity index is 1.65. The smallest absolute Gasteiger partial charge is 0.319 e. The first-order valence-electron chi connectivity index (χ1n) is 11.5. The fourth-order valence-corrected chi connectivity index (χ4v) is 5.18. The summed E-state index contributed by atoms with van der Waals surface area (Å²) in [5, 5.41) is 7.97. The summed E-state index contributed by atoms with van der Waals surface area (Å²) in [6.07, 6.45) is 2.43. The number of urea groups is 1. The van der Waals surface area contributed by atoms with E-state index in [2.05, 4.69) is 20.9 Å². The van der Waals surface area contributed by atoms with Gasteiger partial charge in [0.05, 0.1) is 12.6 Å². The lowest BCUT2D eigenvalue weighted by Gasteiger charge is -2.23. The third-order valence-corrected chi connectivity index (χ3v) is 7.30. The molecule has 1 aromatic heterocycles. The lowest BCUT2D eigenvalue weighted by Crippen LogP contribution is -2.53. The average Bonchev–Trinajstić information content (AvgIpc) is 3.01. The Bertz CT molecular complexity index is 1130. The molecule has 188 valence electrons. The summed E-state index contributed by atoms with van der Waals surface area (Å²) in [6, 6.07) is 11.2. The van der Waals surface area contributed by atoms with E-state index in [-0.39, 0.29) is 24.0 Å². The Morgan fingerprint density at radius 3 is 2.49 bits per heavy atom. The molecule has 1 unspecified atom stereocenters. The first kappa shape index (κ1) is 26.3. The van der Waals surface area contributed by atoms with E-state index >= 15 is 0 Å². The molecule has 10 nitrogen and oxygen atoms in total. The molecule has 0 bridgehead atoms. The minimum Gasteiger partial charge on any atom is -0.344 e. The molecular formula is C24H31N5O5S. The molecule has 1 aromatic carbocycles. The van der Waals surface area contributed by atoms with E-state index < -0.39 is 39.8 Å². The Hall–Kier alpha value is -3.31. The molecule has 1 fully saturated rings. The number of Topliss-reactive ketones (excluding diaryl/α,β-unsaturated/α-hetero) is 1. The Morgan fingerprint density at radius 1 is 1.11 bits per heavy atom. The average molecular weight is 502 g/mol. The summed E-state index contributed by atoms with van der Waals surface area (Å²) >= 11 is 0. The molecule has 35 heavy (non-hydrogen) atoms. The van der Waals surface area contributed by atoms with Crippen LogP contribution in [0.5, 0.6) is 0 Å². The van der Waals surface area contributed by atoms with E-state index in [4.69, 9.17) is 0 Å². The summed E-state index contributed by atoms with van der Waals surface area (Å²) < 4.78 is 26.9. The van der Waals surface area contributed by atoms with Crippen molar-refractivity contribution in [1.29, 1.82) is 0 Å². The van der Waals surface area contributed by atoms with Crippen molar-refractivity contribution in [3.63, 3.8) is 0 Å². The number of hydrogen-bond donors (Lipinski definition) is 3. The van der Waals surface area contributed by atoms with Crippen molar-refractivity contribution in [2.75, 3.05) is 18.4 Å². The molecule has 2 heterocycles. The summed E-state index contributed by atoms with van der Waals surface area (Å²) in [7, 11) is -3.92. The molecule has 3 rings (SSSR count). The Kier molecular flexibility index (Phi) is 8.94. The maximum absolute atomic E-state index is 13.0. The number of hydrogen-bond acceptors (Lipinski definition) is 6. The van der Waals surface area contributed by atoms with E-state index in [9.17, 15) is 22.8 Å². The first-order chi connectivity index (χ1) is 16.7. The van der Waals surface area contributed by atoms with Crippen LogP contribution in [-0.2, 0) is 19.6 Å². The fourth-order valence-electron chi connectivity index (χ4n) is 3.81. The maximum Gasteiger partial charge on any atom is 0.319 e. The van der Waals surface area contributed by atoms with Gasteiger partial charge in [-0.05, 0) is 49.4 Å². The van der Waals surface area contributed by atoms with Gasteiger partial charge in [0.1, 0.15) is 6.04 Å². The minimum atomic E-state index is -3.92. The molecule has 0 aliphatic carbocycles. The van der Waals surface area contributed by atoms with Crippen molar-refractivity contribution in [3.8, 4) is 0 Å². The molecule has 2 aromatic rings. The summed E-state index contributed by atoms with van der Waals surface area (Å²) in [4.78, 5) is 42.3. The van der Waals surface area contributed by atoms with Crippen molar-refractivity contribution in [2.24, 2.45) is 5.92 Å².